The molecule has 4 rings (SSSR count). The number of amides is 1. The van der Waals surface area contributed by atoms with Crippen molar-refractivity contribution in [1.82, 2.24) is 15.0 Å². The first-order chi connectivity index (χ1) is 13.1. The second-order valence-corrected chi connectivity index (χ2v) is 7.02. The number of aromatic nitrogens is 2. The molecular formula is C19H15Cl2N3O3. The second-order valence-electron chi connectivity index (χ2n) is 6.18. The molecule has 0 unspecified atom stereocenters. The van der Waals surface area contributed by atoms with Gasteiger partial charge in [-0.3, -0.25) is 4.79 Å². The van der Waals surface area contributed by atoms with Crippen molar-refractivity contribution in [3.63, 3.8) is 0 Å². The number of carbonyl (C=O) groups excluding carboxylic acids is 1. The average molecular weight is 404 g/mol. The van der Waals surface area contributed by atoms with Crippen LogP contribution < -0.4 is 4.74 Å². The van der Waals surface area contributed by atoms with Gasteiger partial charge in [-0.1, -0.05) is 58.7 Å². The van der Waals surface area contributed by atoms with E-state index in [9.17, 15) is 4.79 Å². The van der Waals surface area contributed by atoms with E-state index in [0.717, 1.165) is 5.56 Å². The summed E-state index contributed by atoms with van der Waals surface area (Å²) >= 11 is 11.9. The first-order valence-corrected chi connectivity index (χ1v) is 9.10. The Kier molecular flexibility index (Phi) is 5.01. The molecule has 1 saturated heterocycles. The maximum atomic E-state index is 12.2. The van der Waals surface area contributed by atoms with Crippen molar-refractivity contribution in [2.24, 2.45) is 0 Å². The van der Waals surface area contributed by atoms with Crippen molar-refractivity contribution in [1.29, 1.82) is 0 Å². The Balaban J connectivity index is 1.30. The van der Waals surface area contributed by atoms with E-state index in [-0.39, 0.29) is 18.4 Å². The number of ether oxygens (including phenoxy) is 1. The second kappa shape index (κ2) is 7.58. The highest BCUT2D eigenvalue weighted by Gasteiger charge is 2.35. The van der Waals surface area contributed by atoms with Crippen molar-refractivity contribution in [2.45, 2.75) is 5.92 Å². The third-order valence-corrected chi connectivity index (χ3v) is 4.83. The molecule has 1 fully saturated rings. The molecule has 8 heteroatoms. The molecule has 0 aliphatic carbocycles. The quantitative estimate of drug-likeness (QED) is 0.642. The van der Waals surface area contributed by atoms with Crippen LogP contribution >= 0.6 is 23.2 Å². The molecule has 0 atom stereocenters. The van der Waals surface area contributed by atoms with Gasteiger partial charge in [-0.15, -0.1) is 0 Å². The van der Waals surface area contributed by atoms with Gasteiger partial charge in [-0.2, -0.15) is 4.98 Å². The Morgan fingerprint density at radius 3 is 2.70 bits per heavy atom. The number of hydrogen-bond donors (Lipinski definition) is 0. The standard InChI is InChI=1S/C19H15Cl2N3O3/c20-14-6-7-16(15(21)8-14)26-11-17(25)24-9-13(10-24)19-22-18(23-27-19)12-4-2-1-3-5-12/h1-8,13H,9-11H2. The van der Waals surface area contributed by atoms with E-state index in [4.69, 9.17) is 32.5 Å². The summed E-state index contributed by atoms with van der Waals surface area (Å²) < 4.78 is 10.8. The molecule has 6 nitrogen and oxygen atoms in total. The topological polar surface area (TPSA) is 68.5 Å². The molecule has 1 aromatic heterocycles. The summed E-state index contributed by atoms with van der Waals surface area (Å²) in [6, 6.07) is 14.5. The predicted octanol–water partition coefficient (Wildman–Crippen LogP) is 4.05. The van der Waals surface area contributed by atoms with Gasteiger partial charge in [0.15, 0.2) is 6.61 Å². The summed E-state index contributed by atoms with van der Waals surface area (Å²) in [5.41, 5.74) is 0.896. The lowest BCUT2D eigenvalue weighted by molar-refractivity contribution is -0.138. The van der Waals surface area contributed by atoms with Crippen molar-refractivity contribution in [3.8, 4) is 17.1 Å². The summed E-state index contributed by atoms with van der Waals surface area (Å²) in [7, 11) is 0. The normalized spacial score (nSPS) is 14.1. The monoisotopic (exact) mass is 403 g/mol. The third kappa shape index (κ3) is 3.91. The first-order valence-electron chi connectivity index (χ1n) is 8.35. The van der Waals surface area contributed by atoms with Gasteiger partial charge in [0.1, 0.15) is 5.75 Å². The minimum absolute atomic E-state index is 0.0398. The molecule has 27 heavy (non-hydrogen) atoms. The Morgan fingerprint density at radius 2 is 1.96 bits per heavy atom. The summed E-state index contributed by atoms with van der Waals surface area (Å²) in [4.78, 5) is 18.4. The van der Waals surface area contributed by atoms with Crippen LogP contribution in [0.3, 0.4) is 0 Å². The Morgan fingerprint density at radius 1 is 1.19 bits per heavy atom. The lowest BCUT2D eigenvalue weighted by atomic mass is 10.0. The number of hydrogen-bond acceptors (Lipinski definition) is 5. The van der Waals surface area contributed by atoms with Crippen LogP contribution in [-0.2, 0) is 4.79 Å². The van der Waals surface area contributed by atoms with Gasteiger partial charge in [-0.05, 0) is 18.2 Å². The number of nitrogens with zero attached hydrogens (tertiary/aromatic N) is 3. The Bertz CT molecular complexity index is 956. The zero-order chi connectivity index (χ0) is 18.8. The smallest absolute Gasteiger partial charge is 0.260 e. The molecule has 0 N–H and O–H groups in total. The van der Waals surface area contributed by atoms with Crippen molar-refractivity contribution in [2.75, 3.05) is 19.7 Å². The third-order valence-electron chi connectivity index (χ3n) is 4.30. The fourth-order valence-electron chi connectivity index (χ4n) is 2.77. The maximum absolute atomic E-state index is 12.2. The number of carbonyl (C=O) groups is 1. The number of halogens is 2. The first kappa shape index (κ1) is 17.8. The molecule has 0 bridgehead atoms. The summed E-state index contributed by atoms with van der Waals surface area (Å²) in [6.07, 6.45) is 0. The highest BCUT2D eigenvalue weighted by Crippen LogP contribution is 2.29. The van der Waals surface area contributed by atoms with Gasteiger partial charge in [0, 0.05) is 23.7 Å². The van der Waals surface area contributed by atoms with Crippen LogP contribution in [0.4, 0.5) is 0 Å². The molecule has 1 aliphatic heterocycles. The van der Waals surface area contributed by atoms with Gasteiger partial charge < -0.3 is 14.2 Å². The van der Waals surface area contributed by atoms with E-state index < -0.39 is 0 Å². The molecule has 1 amide bonds. The van der Waals surface area contributed by atoms with E-state index >= 15 is 0 Å². The van der Waals surface area contributed by atoms with Crippen LogP contribution in [0.1, 0.15) is 11.8 Å². The van der Waals surface area contributed by atoms with Gasteiger partial charge >= 0.3 is 0 Å². The van der Waals surface area contributed by atoms with Crippen molar-refractivity contribution < 1.29 is 14.1 Å². The summed E-state index contributed by atoms with van der Waals surface area (Å²) in [5.74, 6) is 1.43. The van der Waals surface area contributed by atoms with E-state index in [0.29, 0.717) is 40.6 Å². The predicted molar refractivity (Wildman–Crippen MR) is 101 cm³/mol. The molecule has 0 radical (unpaired) electrons. The van der Waals surface area contributed by atoms with E-state index in [1.165, 1.54) is 0 Å². The average Bonchev–Trinajstić information content (AvgIpc) is 3.10. The van der Waals surface area contributed by atoms with Gasteiger partial charge in [0.05, 0.1) is 10.9 Å². The van der Waals surface area contributed by atoms with E-state index in [2.05, 4.69) is 10.1 Å². The van der Waals surface area contributed by atoms with Crippen LogP contribution in [0.25, 0.3) is 11.4 Å². The molecule has 0 spiro atoms. The van der Waals surface area contributed by atoms with Gasteiger partial charge in [0.2, 0.25) is 11.7 Å². The summed E-state index contributed by atoms with van der Waals surface area (Å²) in [5, 5.41) is 4.90. The van der Waals surface area contributed by atoms with Crippen molar-refractivity contribution >= 4 is 29.1 Å². The largest absolute Gasteiger partial charge is 0.482 e. The highest BCUT2D eigenvalue weighted by molar-refractivity contribution is 6.35. The minimum Gasteiger partial charge on any atom is -0.482 e. The zero-order valence-electron chi connectivity index (χ0n) is 14.1. The number of rotatable bonds is 5. The van der Waals surface area contributed by atoms with Crippen LogP contribution in [0.5, 0.6) is 5.75 Å². The highest BCUT2D eigenvalue weighted by atomic mass is 35.5. The fourth-order valence-corrected chi connectivity index (χ4v) is 3.23. The zero-order valence-corrected chi connectivity index (χ0v) is 15.7. The van der Waals surface area contributed by atoms with E-state index in [1.54, 1.807) is 23.1 Å². The molecule has 138 valence electrons. The molecule has 2 aromatic carbocycles. The van der Waals surface area contributed by atoms with Gasteiger partial charge in [-0.25, -0.2) is 0 Å². The fraction of sp³-hybridized carbons (Fsp3) is 0.211. The lowest BCUT2D eigenvalue weighted by Crippen LogP contribution is -2.50. The number of benzene rings is 2. The molecule has 3 aromatic rings. The molecule has 1 aliphatic rings. The van der Waals surface area contributed by atoms with Crippen LogP contribution in [-0.4, -0.2) is 40.6 Å². The van der Waals surface area contributed by atoms with Crippen LogP contribution in [0.2, 0.25) is 10.0 Å². The van der Waals surface area contributed by atoms with Gasteiger partial charge in [0.25, 0.3) is 5.91 Å². The van der Waals surface area contributed by atoms with Crippen molar-refractivity contribution in [3.05, 3.63) is 64.5 Å². The SMILES string of the molecule is O=C(COc1ccc(Cl)cc1Cl)N1CC(c2nc(-c3ccccc3)no2)C1. The van der Waals surface area contributed by atoms with Crippen LogP contribution in [0.15, 0.2) is 53.1 Å². The van der Waals surface area contributed by atoms with E-state index in [1.807, 2.05) is 30.3 Å². The molecular weight excluding hydrogens is 389 g/mol. The summed E-state index contributed by atoms with van der Waals surface area (Å²) in [6.45, 7) is 0.951. The molecule has 2 heterocycles. The lowest BCUT2D eigenvalue weighted by Gasteiger charge is -2.36. The maximum Gasteiger partial charge on any atom is 0.260 e. The minimum atomic E-state index is -0.125. The number of likely N-dealkylation sites (tertiary alicyclic amines) is 1. The Labute approximate surface area is 165 Å². The van der Waals surface area contributed by atoms with Crippen LogP contribution in [0, 0.1) is 0 Å². The Hall–Kier alpha value is -2.57. The molecule has 0 saturated carbocycles.